The lowest BCUT2D eigenvalue weighted by molar-refractivity contribution is -0.137. The number of carboxylic acid groups (broad SMARTS) is 1. The maximum Gasteiger partial charge on any atom is 0.329 e. The van der Waals surface area contributed by atoms with Gasteiger partial charge in [-0.3, -0.25) is 9.79 Å². The van der Waals surface area contributed by atoms with Crippen LogP contribution < -0.4 is 5.32 Å². The predicted octanol–water partition coefficient (Wildman–Crippen LogP) is 5.57. The minimum Gasteiger partial charge on any atom is -0.480 e. The number of hydrogen-bond donors (Lipinski definition) is 2. The van der Waals surface area contributed by atoms with Crippen molar-refractivity contribution in [3.63, 3.8) is 0 Å². The average Bonchev–Trinajstić information content (AvgIpc) is 3.28. The summed E-state index contributed by atoms with van der Waals surface area (Å²) in [6.07, 6.45) is -1.07. The highest BCUT2D eigenvalue weighted by atomic mass is 32.2. The first kappa shape index (κ1) is 32.7. The summed E-state index contributed by atoms with van der Waals surface area (Å²) in [6.45, 7) is 20.5. The van der Waals surface area contributed by atoms with Crippen molar-refractivity contribution in [1.82, 2.24) is 5.32 Å². The van der Waals surface area contributed by atoms with Crippen LogP contribution >= 0.6 is 11.8 Å². The second-order valence-electron chi connectivity index (χ2n) is 10.9. The fourth-order valence-corrected chi connectivity index (χ4v) is 9.41. The van der Waals surface area contributed by atoms with Crippen LogP contribution in [-0.4, -0.2) is 74.7 Å². The van der Waals surface area contributed by atoms with Gasteiger partial charge in [0.05, 0.1) is 17.3 Å². The molecule has 13 heteroatoms. The lowest BCUT2D eigenvalue weighted by atomic mass is 10.1. The maximum atomic E-state index is 13.5. The Labute approximate surface area is 222 Å². The monoisotopic (exact) mass is 559 g/mol. The number of thioether (sulfide) groups is 1. The number of hydrogen-bond acceptors (Lipinski definition) is 7. The molecule has 0 bridgehead atoms. The van der Waals surface area contributed by atoms with Gasteiger partial charge in [-0.05, 0) is 55.6 Å². The van der Waals surface area contributed by atoms with Gasteiger partial charge in [-0.1, -0.05) is 46.7 Å². The fourth-order valence-electron chi connectivity index (χ4n) is 3.89. The van der Waals surface area contributed by atoms with Crippen molar-refractivity contribution in [2.24, 2.45) is 10.1 Å². The number of aliphatic carboxylic acids is 1. The minimum atomic E-state index is -2.24. The molecule has 5 atom stereocenters. The van der Waals surface area contributed by atoms with Crippen molar-refractivity contribution in [2.45, 2.75) is 122 Å². The molecule has 36 heavy (non-hydrogen) atoms. The summed E-state index contributed by atoms with van der Waals surface area (Å²) in [5, 5.41) is 16.7. The molecule has 1 amide bonds. The van der Waals surface area contributed by atoms with Gasteiger partial charge in [0.15, 0.2) is 22.7 Å². The van der Waals surface area contributed by atoms with Crippen molar-refractivity contribution >= 4 is 45.3 Å². The van der Waals surface area contributed by atoms with Crippen LogP contribution in [-0.2, 0) is 18.4 Å². The lowest BCUT2D eigenvalue weighted by Crippen LogP contribution is -2.56. The smallest absolute Gasteiger partial charge is 0.329 e. The first-order valence-electron chi connectivity index (χ1n) is 12.7. The van der Waals surface area contributed by atoms with Crippen molar-refractivity contribution in [1.29, 1.82) is 0 Å². The zero-order valence-electron chi connectivity index (χ0n) is 23.5. The Morgan fingerprint density at radius 2 is 1.75 bits per heavy atom. The third kappa shape index (κ3) is 8.32. The predicted molar refractivity (Wildman–Crippen MR) is 152 cm³/mol. The zero-order valence-corrected chi connectivity index (χ0v) is 26.3. The van der Waals surface area contributed by atoms with Gasteiger partial charge in [-0.15, -0.1) is 11.8 Å². The standard InChI is InChI=1S/C23H45N5O5SSi2/c1-11-36(12-2,13-3)33-16(5)19(21-25-17(14-34-21)22(30)31)26-20(29)18(27-28-24)15(4)32-35(9,10)23(6,7)8/h15-19H,11-14H2,1-10H3,(H,26,29)(H,30,31)/t15-,16-,17-,18+,19+/m1/s1. The van der Waals surface area contributed by atoms with Crippen LogP contribution in [0.2, 0.25) is 36.3 Å². The van der Waals surface area contributed by atoms with Gasteiger partial charge in [0, 0.05) is 10.7 Å². The molecule has 1 rings (SSSR count). The molecule has 0 saturated heterocycles. The van der Waals surface area contributed by atoms with E-state index in [4.69, 9.17) is 8.85 Å². The molecule has 0 aromatic carbocycles. The largest absolute Gasteiger partial charge is 0.480 e. The Morgan fingerprint density at radius 1 is 1.19 bits per heavy atom. The minimum absolute atomic E-state index is 0.0843. The van der Waals surface area contributed by atoms with Gasteiger partial charge in [0.2, 0.25) is 5.91 Å². The number of carbonyl (C=O) groups is 2. The van der Waals surface area contributed by atoms with Crippen molar-refractivity contribution in [2.75, 3.05) is 5.75 Å². The zero-order chi connectivity index (χ0) is 27.9. The summed E-state index contributed by atoms with van der Waals surface area (Å²) in [4.78, 5) is 32.3. The number of azide groups is 1. The Balaban J connectivity index is 3.29. The van der Waals surface area contributed by atoms with E-state index in [0.717, 1.165) is 18.1 Å². The third-order valence-electron chi connectivity index (χ3n) is 7.54. The summed E-state index contributed by atoms with van der Waals surface area (Å²) in [6, 6.07) is 0.186. The summed E-state index contributed by atoms with van der Waals surface area (Å²) >= 11 is 1.31. The fraction of sp³-hybridized carbons (Fsp3) is 0.870. The van der Waals surface area contributed by atoms with E-state index >= 15 is 0 Å². The van der Waals surface area contributed by atoms with E-state index in [0.29, 0.717) is 10.8 Å². The number of nitrogens with one attached hydrogen (secondary N) is 1. The van der Waals surface area contributed by atoms with Gasteiger partial charge in [-0.25, -0.2) is 4.79 Å². The molecular weight excluding hydrogens is 515 g/mol. The normalized spacial score (nSPS) is 20.1. The van der Waals surface area contributed by atoms with Gasteiger partial charge < -0.3 is 19.3 Å². The quantitative estimate of drug-likeness (QED) is 0.123. The van der Waals surface area contributed by atoms with Crippen molar-refractivity contribution in [3.8, 4) is 0 Å². The van der Waals surface area contributed by atoms with Crippen molar-refractivity contribution < 1.29 is 23.5 Å². The molecule has 10 nitrogen and oxygen atoms in total. The van der Waals surface area contributed by atoms with Crippen molar-refractivity contribution in [3.05, 3.63) is 10.4 Å². The van der Waals surface area contributed by atoms with E-state index < -0.39 is 58.8 Å². The molecule has 1 heterocycles. The topological polar surface area (TPSA) is 146 Å². The molecule has 0 fully saturated rings. The lowest BCUT2D eigenvalue weighted by Gasteiger charge is -2.40. The molecular formula is C23H45N5O5SSi2. The summed E-state index contributed by atoms with van der Waals surface area (Å²) in [5.41, 5.74) is 9.21. The second-order valence-corrected chi connectivity index (χ2v) is 21.4. The molecule has 0 unspecified atom stereocenters. The molecule has 2 N–H and O–H groups in total. The van der Waals surface area contributed by atoms with Crippen LogP contribution in [0.3, 0.4) is 0 Å². The van der Waals surface area contributed by atoms with E-state index in [9.17, 15) is 20.2 Å². The summed E-state index contributed by atoms with van der Waals surface area (Å²) in [5.74, 6) is -1.19. The van der Waals surface area contributed by atoms with E-state index in [1.165, 1.54) is 11.8 Å². The molecule has 0 saturated carbocycles. The Bertz CT molecular complexity index is 848. The maximum absolute atomic E-state index is 13.5. The van der Waals surface area contributed by atoms with Crippen LogP contribution in [0.5, 0.6) is 0 Å². The van der Waals surface area contributed by atoms with Gasteiger partial charge >= 0.3 is 5.97 Å². The summed E-state index contributed by atoms with van der Waals surface area (Å²) in [7, 11) is -4.27. The van der Waals surface area contributed by atoms with Crippen LogP contribution in [0, 0.1) is 0 Å². The highest BCUT2D eigenvalue weighted by molar-refractivity contribution is 8.14. The molecule has 0 radical (unpaired) electrons. The molecule has 1 aliphatic rings. The second kappa shape index (κ2) is 13.4. The van der Waals surface area contributed by atoms with E-state index in [-0.39, 0.29) is 5.04 Å². The highest BCUT2D eigenvalue weighted by Crippen LogP contribution is 2.38. The highest BCUT2D eigenvalue weighted by Gasteiger charge is 2.42. The first-order valence-corrected chi connectivity index (χ1v) is 19.1. The average molecular weight is 560 g/mol. The molecule has 206 valence electrons. The van der Waals surface area contributed by atoms with Crippen LogP contribution in [0.25, 0.3) is 10.4 Å². The van der Waals surface area contributed by atoms with E-state index in [2.05, 4.69) is 75.0 Å². The van der Waals surface area contributed by atoms with Gasteiger partial charge in [0.25, 0.3) is 0 Å². The van der Waals surface area contributed by atoms with E-state index in [1.807, 2.05) is 6.92 Å². The van der Waals surface area contributed by atoms with Crippen LogP contribution in [0.1, 0.15) is 55.4 Å². The van der Waals surface area contributed by atoms with E-state index in [1.54, 1.807) is 6.92 Å². The molecule has 1 aliphatic heterocycles. The Morgan fingerprint density at radius 3 is 2.17 bits per heavy atom. The first-order chi connectivity index (χ1) is 16.6. The molecule has 0 aromatic heterocycles. The third-order valence-corrected chi connectivity index (χ3v) is 18.0. The SMILES string of the molecule is CC[Si](CC)(CC)O[C@H](C)[C@H](NC(=O)[C@@H](N=[N+]=[N-])[C@@H](C)O[Si](C)(C)C(C)(C)C)C1=N[C@@H](C(=O)O)CS1. The van der Waals surface area contributed by atoms with Gasteiger partial charge in [0.1, 0.15) is 12.1 Å². The van der Waals surface area contributed by atoms with Crippen LogP contribution in [0.15, 0.2) is 10.1 Å². The number of rotatable bonds is 14. The van der Waals surface area contributed by atoms with Crippen LogP contribution in [0.4, 0.5) is 0 Å². The Kier molecular flexibility index (Phi) is 12.2. The Hall–Kier alpha value is -1.38. The number of carbonyl (C=O) groups excluding carboxylic acids is 1. The summed E-state index contributed by atoms with van der Waals surface area (Å²) < 4.78 is 13.0. The number of amides is 1. The molecule has 0 aliphatic carbocycles. The number of carboxylic acids is 1. The molecule has 0 spiro atoms. The molecule has 0 aromatic rings. The van der Waals surface area contributed by atoms with Gasteiger partial charge in [-0.2, -0.15) is 0 Å². The number of aliphatic imine (C=N–C) groups is 1. The number of nitrogens with zero attached hydrogens (tertiary/aromatic N) is 4.